The van der Waals surface area contributed by atoms with Crippen LogP contribution in [0.1, 0.15) is 6.92 Å². The zero-order valence-electron chi connectivity index (χ0n) is 25.8. The van der Waals surface area contributed by atoms with E-state index in [1.807, 2.05) is 27.6 Å². The molecular weight excluding hydrogens is 665 g/mol. The van der Waals surface area contributed by atoms with E-state index < -0.39 is 15.7 Å². The Balaban J connectivity index is 1.52. The lowest BCUT2D eigenvalue weighted by molar-refractivity contribution is -0.111. The van der Waals surface area contributed by atoms with E-state index in [-0.39, 0.29) is 24.6 Å². The van der Waals surface area contributed by atoms with Crippen LogP contribution in [-0.2, 0) is 14.6 Å². The smallest absolute Gasteiger partial charge is 0.300 e. The Hall–Kier alpha value is -4.70. The predicted molar refractivity (Wildman–Crippen MR) is 184 cm³/mol. The number of amides is 1. The average Bonchev–Trinajstić information content (AvgIpc) is 3.56. The molecule has 1 aliphatic rings. The maximum Gasteiger partial charge on any atom is 0.300 e. The van der Waals surface area contributed by atoms with Crippen molar-refractivity contribution in [1.82, 2.24) is 14.4 Å². The van der Waals surface area contributed by atoms with Crippen molar-refractivity contribution in [3.63, 3.8) is 0 Å². The zero-order valence-corrected chi connectivity index (χ0v) is 28.2. The molecule has 1 saturated heterocycles. The van der Waals surface area contributed by atoms with Crippen LogP contribution in [0, 0.1) is 11.8 Å². The van der Waals surface area contributed by atoms with Gasteiger partial charge in [0, 0.05) is 65.9 Å². The molecule has 0 saturated carbocycles. The van der Waals surface area contributed by atoms with E-state index >= 15 is 0 Å². The largest absolute Gasteiger partial charge is 0.496 e. The molecule has 5 aromatic rings. The van der Waals surface area contributed by atoms with Crippen LogP contribution in [0.5, 0.6) is 17.2 Å². The van der Waals surface area contributed by atoms with Crippen LogP contribution in [-0.4, -0.2) is 74.6 Å². The second-order valence-electron chi connectivity index (χ2n) is 10.6. The standard InChI is InChI=1S/C33H29Cl2N5O6S/c1-5-6-29(41)38-23-14-20(26(44-2)16-25(23)39-9-11-47(42,43)12-10-39)22-15-24-19(18-37-22)13-21(33-36-7-8-40(24)33)30-31(34)27(45-3)17-28(46-4)32(30)35/h7-8,13-18H,9-12H2,1-4H3,(H,38,41). The van der Waals surface area contributed by atoms with E-state index in [4.69, 9.17) is 42.4 Å². The first-order chi connectivity index (χ1) is 22.6. The number of anilines is 2. The van der Waals surface area contributed by atoms with E-state index in [2.05, 4.69) is 22.1 Å². The monoisotopic (exact) mass is 693 g/mol. The van der Waals surface area contributed by atoms with E-state index in [0.717, 1.165) is 10.9 Å². The first-order valence-electron chi connectivity index (χ1n) is 14.4. The van der Waals surface area contributed by atoms with Gasteiger partial charge in [-0.25, -0.2) is 13.4 Å². The number of hydrogen-bond acceptors (Lipinski definition) is 9. The van der Waals surface area contributed by atoms with Crippen LogP contribution >= 0.6 is 23.2 Å². The highest BCUT2D eigenvalue weighted by atomic mass is 35.5. The summed E-state index contributed by atoms with van der Waals surface area (Å²) in [5.41, 5.74) is 4.75. The van der Waals surface area contributed by atoms with Crippen molar-refractivity contribution in [2.45, 2.75) is 6.92 Å². The van der Waals surface area contributed by atoms with Crippen molar-refractivity contribution in [2.24, 2.45) is 0 Å². The number of carbonyl (C=O) groups excluding carboxylic acids is 1. The molecule has 1 fully saturated rings. The number of hydrogen-bond donors (Lipinski definition) is 1. The summed E-state index contributed by atoms with van der Waals surface area (Å²) in [6, 6.07) is 8.97. The second kappa shape index (κ2) is 12.8. The minimum absolute atomic E-state index is 0.00725. The molecule has 47 heavy (non-hydrogen) atoms. The summed E-state index contributed by atoms with van der Waals surface area (Å²) in [6.45, 7) is 2.12. The molecule has 0 radical (unpaired) electrons. The molecule has 14 heteroatoms. The minimum atomic E-state index is -3.13. The van der Waals surface area contributed by atoms with Crippen LogP contribution in [0.15, 0.2) is 48.9 Å². The van der Waals surface area contributed by atoms with Gasteiger partial charge in [-0.1, -0.05) is 29.1 Å². The number of nitrogens with zero attached hydrogens (tertiary/aromatic N) is 4. The van der Waals surface area contributed by atoms with Crippen LogP contribution in [0.4, 0.5) is 11.4 Å². The molecule has 0 aliphatic carbocycles. The molecule has 1 N–H and O–H groups in total. The van der Waals surface area contributed by atoms with Gasteiger partial charge in [-0.15, -0.1) is 0 Å². The Morgan fingerprint density at radius 3 is 2.23 bits per heavy atom. The highest BCUT2D eigenvalue weighted by Crippen LogP contribution is 2.48. The molecule has 4 heterocycles. The number of methoxy groups -OCH3 is 3. The molecule has 242 valence electrons. The second-order valence-corrected chi connectivity index (χ2v) is 13.7. The number of sulfone groups is 1. The fourth-order valence-corrected chi connectivity index (χ4v) is 7.57. The van der Waals surface area contributed by atoms with E-state index in [9.17, 15) is 13.2 Å². The Kier molecular flexibility index (Phi) is 8.80. The first kappa shape index (κ1) is 32.2. The zero-order chi connectivity index (χ0) is 33.5. The van der Waals surface area contributed by atoms with Crippen LogP contribution < -0.4 is 24.4 Å². The maximum absolute atomic E-state index is 12.6. The minimum Gasteiger partial charge on any atom is -0.496 e. The highest BCUT2D eigenvalue weighted by Gasteiger charge is 2.26. The SMILES string of the molecule is CC#CC(=O)Nc1cc(-c2cc3c(cn2)cc(-c2c(Cl)c(OC)cc(OC)c2Cl)c2nccn23)c(OC)cc1N1CCS(=O)(=O)CC1. The normalized spacial score (nSPS) is 14.0. The van der Waals surface area contributed by atoms with Gasteiger partial charge in [-0.2, -0.15) is 0 Å². The van der Waals surface area contributed by atoms with E-state index in [1.54, 1.807) is 44.6 Å². The molecular formula is C33H29Cl2N5O6S. The van der Waals surface area contributed by atoms with Crippen molar-refractivity contribution >= 4 is 66.9 Å². The Labute approximate surface area is 281 Å². The number of rotatable bonds is 7. The van der Waals surface area contributed by atoms with Gasteiger partial charge < -0.3 is 24.4 Å². The lowest BCUT2D eigenvalue weighted by Crippen LogP contribution is -2.40. The summed E-state index contributed by atoms with van der Waals surface area (Å²) in [6.07, 6.45) is 5.22. The summed E-state index contributed by atoms with van der Waals surface area (Å²) in [5, 5.41) is 4.25. The maximum atomic E-state index is 12.6. The average molecular weight is 695 g/mol. The number of benzene rings is 2. The Bertz CT molecular complexity index is 2200. The van der Waals surface area contributed by atoms with Gasteiger partial charge in [0.25, 0.3) is 5.91 Å². The third kappa shape index (κ3) is 5.98. The number of ether oxygens (including phenoxy) is 3. The van der Waals surface area contributed by atoms with Crippen molar-refractivity contribution in [3.05, 3.63) is 59.0 Å². The number of fused-ring (bicyclic) bond motifs is 3. The molecule has 1 aliphatic heterocycles. The van der Waals surface area contributed by atoms with Crippen LogP contribution in [0.3, 0.4) is 0 Å². The third-order valence-corrected chi connectivity index (χ3v) is 10.3. The van der Waals surface area contributed by atoms with Crippen molar-refractivity contribution in [2.75, 3.05) is 56.1 Å². The van der Waals surface area contributed by atoms with Gasteiger partial charge in [0.2, 0.25) is 0 Å². The van der Waals surface area contributed by atoms with Crippen LogP contribution in [0.2, 0.25) is 10.0 Å². The summed E-state index contributed by atoms with van der Waals surface area (Å²) < 4.78 is 43.0. The molecule has 3 aromatic heterocycles. The van der Waals surface area contributed by atoms with Crippen molar-refractivity contribution in [1.29, 1.82) is 0 Å². The van der Waals surface area contributed by atoms with Crippen molar-refractivity contribution < 1.29 is 27.4 Å². The third-order valence-electron chi connectivity index (χ3n) is 7.96. The van der Waals surface area contributed by atoms with Gasteiger partial charge in [-0.3, -0.25) is 14.2 Å². The Morgan fingerprint density at radius 2 is 1.60 bits per heavy atom. The molecule has 0 spiro atoms. The summed E-state index contributed by atoms with van der Waals surface area (Å²) >= 11 is 13.6. The molecule has 6 rings (SSSR count). The number of imidazole rings is 1. The van der Waals surface area contributed by atoms with Crippen LogP contribution in [0.25, 0.3) is 38.9 Å². The van der Waals surface area contributed by atoms with Gasteiger partial charge in [0.1, 0.15) is 22.9 Å². The predicted octanol–water partition coefficient (Wildman–Crippen LogP) is 5.75. The number of aromatic nitrogens is 3. The lowest BCUT2D eigenvalue weighted by Gasteiger charge is -2.31. The lowest BCUT2D eigenvalue weighted by atomic mass is 10.0. The molecule has 2 aromatic carbocycles. The van der Waals surface area contributed by atoms with Gasteiger partial charge >= 0.3 is 0 Å². The number of carbonyl (C=O) groups is 1. The topological polar surface area (TPSA) is 124 Å². The highest BCUT2D eigenvalue weighted by molar-refractivity contribution is 7.91. The van der Waals surface area contributed by atoms with Crippen molar-refractivity contribution in [3.8, 4) is 51.5 Å². The Morgan fingerprint density at radius 1 is 0.915 bits per heavy atom. The van der Waals surface area contributed by atoms with Gasteiger partial charge in [0.15, 0.2) is 9.84 Å². The van der Waals surface area contributed by atoms with Gasteiger partial charge in [-0.05, 0) is 31.0 Å². The molecule has 11 nitrogen and oxygen atoms in total. The number of nitrogens with one attached hydrogen (secondary N) is 1. The number of pyridine rings is 2. The summed E-state index contributed by atoms with van der Waals surface area (Å²) in [5.74, 6) is 5.91. The van der Waals surface area contributed by atoms with Gasteiger partial charge in [0.05, 0.1) is 65.5 Å². The van der Waals surface area contributed by atoms with E-state index in [1.165, 1.54) is 14.2 Å². The summed E-state index contributed by atoms with van der Waals surface area (Å²) in [7, 11) is 1.44. The molecule has 0 bridgehead atoms. The fourth-order valence-electron chi connectivity index (χ4n) is 5.67. The molecule has 0 atom stereocenters. The first-order valence-corrected chi connectivity index (χ1v) is 16.9. The fraction of sp³-hybridized carbons (Fsp3) is 0.242. The molecule has 0 unspecified atom stereocenters. The number of halogens is 2. The molecule has 1 amide bonds. The summed E-state index contributed by atoms with van der Waals surface area (Å²) in [4.78, 5) is 23.9. The quantitative estimate of drug-likeness (QED) is 0.212. The van der Waals surface area contributed by atoms with E-state index in [0.29, 0.717) is 66.7 Å².